The summed E-state index contributed by atoms with van der Waals surface area (Å²) in [4.78, 5) is 12.2. The number of carbonyl (C=O) groups is 1. The molecule has 1 amide bonds. The van der Waals surface area contributed by atoms with Gasteiger partial charge in [0.1, 0.15) is 5.75 Å². The lowest BCUT2D eigenvalue weighted by molar-refractivity contribution is -0.126. The van der Waals surface area contributed by atoms with Crippen molar-refractivity contribution in [2.45, 2.75) is 39.7 Å². The average Bonchev–Trinajstić information content (AvgIpc) is 2.34. The largest absolute Gasteiger partial charge is 0.494 e. The smallest absolute Gasteiger partial charge is 0.225 e. The van der Waals surface area contributed by atoms with E-state index in [9.17, 15) is 4.79 Å². The Bertz CT molecular complexity index is 438. The highest BCUT2D eigenvalue weighted by Crippen LogP contribution is 2.17. The van der Waals surface area contributed by atoms with Gasteiger partial charge in [0.25, 0.3) is 0 Å². The van der Waals surface area contributed by atoms with Crippen LogP contribution in [-0.4, -0.2) is 24.6 Å². The van der Waals surface area contributed by atoms with Crippen molar-refractivity contribution in [1.29, 1.82) is 0 Å². The van der Waals surface area contributed by atoms with Gasteiger partial charge in [-0.3, -0.25) is 4.79 Å². The molecular weight excluding hydrogens is 252 g/mol. The Morgan fingerprint density at radius 1 is 1.40 bits per heavy atom. The highest BCUT2D eigenvalue weighted by molar-refractivity contribution is 5.79. The fourth-order valence-corrected chi connectivity index (χ4v) is 1.97. The molecule has 1 aromatic carbocycles. The van der Waals surface area contributed by atoms with Gasteiger partial charge in [-0.1, -0.05) is 12.1 Å². The van der Waals surface area contributed by atoms with E-state index in [1.807, 2.05) is 52.0 Å². The fourth-order valence-electron chi connectivity index (χ4n) is 1.97. The minimum absolute atomic E-state index is 0.00168. The predicted molar refractivity (Wildman–Crippen MR) is 81.8 cm³/mol. The van der Waals surface area contributed by atoms with Crippen LogP contribution in [0.15, 0.2) is 24.3 Å². The molecule has 0 spiro atoms. The van der Waals surface area contributed by atoms with Crippen molar-refractivity contribution in [1.82, 2.24) is 5.32 Å². The number of nitrogens with two attached hydrogens (primary N) is 1. The van der Waals surface area contributed by atoms with Gasteiger partial charge in [0.05, 0.1) is 12.5 Å². The van der Waals surface area contributed by atoms with Gasteiger partial charge in [-0.05, 0) is 51.8 Å². The molecule has 112 valence electrons. The minimum Gasteiger partial charge on any atom is -0.494 e. The maximum Gasteiger partial charge on any atom is 0.225 e. The topological polar surface area (TPSA) is 64.3 Å². The van der Waals surface area contributed by atoms with E-state index in [4.69, 9.17) is 10.5 Å². The molecule has 3 N–H and O–H groups in total. The lowest BCUT2D eigenvalue weighted by atomic mass is 9.97. The zero-order valence-electron chi connectivity index (χ0n) is 12.9. The zero-order valence-corrected chi connectivity index (χ0v) is 12.9. The van der Waals surface area contributed by atoms with Crippen molar-refractivity contribution < 1.29 is 9.53 Å². The molecule has 0 saturated heterocycles. The van der Waals surface area contributed by atoms with Crippen LogP contribution < -0.4 is 15.8 Å². The summed E-state index contributed by atoms with van der Waals surface area (Å²) < 4.78 is 5.47. The van der Waals surface area contributed by atoms with E-state index in [0.29, 0.717) is 19.6 Å². The van der Waals surface area contributed by atoms with Crippen LogP contribution in [0, 0.1) is 5.92 Å². The van der Waals surface area contributed by atoms with E-state index in [1.54, 1.807) is 0 Å². The number of nitrogens with one attached hydrogen (secondary N) is 1. The van der Waals surface area contributed by atoms with E-state index < -0.39 is 0 Å². The number of rotatable bonds is 6. The fraction of sp³-hybridized carbons (Fsp3) is 0.562. The summed E-state index contributed by atoms with van der Waals surface area (Å²) in [5, 5.41) is 2.98. The van der Waals surface area contributed by atoms with E-state index in [-0.39, 0.29) is 17.4 Å². The first kappa shape index (κ1) is 16.5. The van der Waals surface area contributed by atoms with Gasteiger partial charge >= 0.3 is 0 Å². The summed E-state index contributed by atoms with van der Waals surface area (Å²) in [6.07, 6.45) is 0.624. The predicted octanol–water partition coefficient (Wildman–Crippen LogP) is 2.12. The van der Waals surface area contributed by atoms with E-state index >= 15 is 0 Å². The molecule has 0 heterocycles. The Hall–Kier alpha value is -1.55. The summed E-state index contributed by atoms with van der Waals surface area (Å²) in [6, 6.07) is 7.82. The molecule has 0 aliphatic rings. The number of amides is 1. The first-order valence-electron chi connectivity index (χ1n) is 7.09. The van der Waals surface area contributed by atoms with Crippen molar-refractivity contribution in [3.63, 3.8) is 0 Å². The van der Waals surface area contributed by atoms with Gasteiger partial charge in [-0.25, -0.2) is 0 Å². The third-order valence-corrected chi connectivity index (χ3v) is 2.85. The molecule has 4 nitrogen and oxygen atoms in total. The maximum atomic E-state index is 12.2. The van der Waals surface area contributed by atoms with Gasteiger partial charge in [0.2, 0.25) is 5.91 Å². The summed E-state index contributed by atoms with van der Waals surface area (Å²) >= 11 is 0. The number of hydrogen-bond acceptors (Lipinski definition) is 3. The highest BCUT2D eigenvalue weighted by Gasteiger charge is 2.22. The highest BCUT2D eigenvalue weighted by atomic mass is 16.5. The van der Waals surface area contributed by atoms with Crippen molar-refractivity contribution in [2.24, 2.45) is 11.7 Å². The molecule has 20 heavy (non-hydrogen) atoms. The first-order valence-corrected chi connectivity index (χ1v) is 7.09. The van der Waals surface area contributed by atoms with Crippen LogP contribution in [0.1, 0.15) is 33.3 Å². The molecular formula is C16H26N2O2. The van der Waals surface area contributed by atoms with Gasteiger partial charge in [-0.2, -0.15) is 0 Å². The van der Waals surface area contributed by atoms with Crippen molar-refractivity contribution in [3.05, 3.63) is 29.8 Å². The van der Waals surface area contributed by atoms with Gasteiger partial charge in [-0.15, -0.1) is 0 Å². The Balaban J connectivity index is 2.73. The molecule has 0 fully saturated rings. The van der Waals surface area contributed by atoms with Crippen LogP contribution >= 0.6 is 0 Å². The molecule has 0 aliphatic carbocycles. The Morgan fingerprint density at radius 2 is 2.10 bits per heavy atom. The van der Waals surface area contributed by atoms with Crippen LogP contribution in [0.5, 0.6) is 5.75 Å². The number of hydrogen-bond donors (Lipinski definition) is 2. The second kappa shape index (κ2) is 7.29. The van der Waals surface area contributed by atoms with Gasteiger partial charge < -0.3 is 15.8 Å². The normalized spacial score (nSPS) is 12.8. The van der Waals surface area contributed by atoms with Crippen molar-refractivity contribution >= 4 is 5.91 Å². The Kier molecular flexibility index (Phi) is 6.02. The summed E-state index contributed by atoms with van der Waals surface area (Å²) in [7, 11) is 0. The van der Waals surface area contributed by atoms with Crippen LogP contribution in [-0.2, 0) is 11.2 Å². The second-order valence-electron chi connectivity index (χ2n) is 5.96. The molecule has 0 aliphatic heterocycles. The third-order valence-electron chi connectivity index (χ3n) is 2.85. The molecule has 1 atom stereocenters. The number of ether oxygens (including phenoxy) is 1. The lowest BCUT2D eigenvalue weighted by Crippen LogP contribution is -2.46. The van der Waals surface area contributed by atoms with E-state index in [0.717, 1.165) is 11.3 Å². The zero-order chi connectivity index (χ0) is 15.2. The summed E-state index contributed by atoms with van der Waals surface area (Å²) in [5.74, 6) is 0.616. The molecule has 1 rings (SSSR count). The molecule has 0 bridgehead atoms. The minimum atomic E-state index is -0.238. The number of benzene rings is 1. The molecule has 0 saturated carbocycles. The lowest BCUT2D eigenvalue weighted by Gasteiger charge is -2.24. The van der Waals surface area contributed by atoms with Crippen molar-refractivity contribution in [2.75, 3.05) is 13.2 Å². The Labute approximate surface area is 121 Å². The molecule has 1 unspecified atom stereocenters. The van der Waals surface area contributed by atoms with Crippen LogP contribution in [0.25, 0.3) is 0 Å². The summed E-state index contributed by atoms with van der Waals surface area (Å²) in [5.41, 5.74) is 6.57. The first-order chi connectivity index (χ1) is 9.35. The number of carbonyl (C=O) groups excluding carboxylic acids is 1. The molecule has 4 heteroatoms. The van der Waals surface area contributed by atoms with Crippen LogP contribution in [0.3, 0.4) is 0 Å². The average molecular weight is 278 g/mol. The molecule has 0 radical (unpaired) electrons. The van der Waals surface area contributed by atoms with Crippen LogP contribution in [0.4, 0.5) is 0 Å². The quantitative estimate of drug-likeness (QED) is 0.837. The molecule has 0 aromatic heterocycles. The maximum absolute atomic E-state index is 12.2. The van der Waals surface area contributed by atoms with E-state index in [1.165, 1.54) is 0 Å². The van der Waals surface area contributed by atoms with Gasteiger partial charge in [0, 0.05) is 12.1 Å². The molecule has 1 aromatic rings. The van der Waals surface area contributed by atoms with Crippen molar-refractivity contribution in [3.8, 4) is 5.75 Å². The summed E-state index contributed by atoms with van der Waals surface area (Å²) in [6.45, 7) is 8.82. The SMILES string of the molecule is CCOc1cccc(CC(CN)C(=O)NC(C)(C)C)c1. The van der Waals surface area contributed by atoms with E-state index in [2.05, 4.69) is 5.32 Å². The Morgan fingerprint density at radius 3 is 2.65 bits per heavy atom. The monoisotopic (exact) mass is 278 g/mol. The third kappa shape index (κ3) is 5.61. The second-order valence-corrected chi connectivity index (χ2v) is 5.96. The van der Waals surface area contributed by atoms with Gasteiger partial charge in [0.15, 0.2) is 0 Å². The van der Waals surface area contributed by atoms with Crippen LogP contribution in [0.2, 0.25) is 0 Å². The standard InChI is InChI=1S/C16H26N2O2/c1-5-20-14-8-6-7-12(10-14)9-13(11-17)15(19)18-16(2,3)4/h6-8,10,13H,5,9,11,17H2,1-4H3,(H,18,19).